The van der Waals surface area contributed by atoms with Gasteiger partial charge >= 0.3 is 0 Å². The van der Waals surface area contributed by atoms with Crippen molar-refractivity contribution in [2.45, 2.75) is 44.0 Å². The molecule has 6 heteroatoms. The third-order valence-corrected chi connectivity index (χ3v) is 4.65. The summed E-state index contributed by atoms with van der Waals surface area (Å²) in [5.74, 6) is 0. The highest BCUT2D eigenvalue weighted by Crippen LogP contribution is 2.20. The van der Waals surface area contributed by atoms with Crippen LogP contribution in [0.4, 0.5) is 5.69 Å². The molecular weight excluding hydrogens is 264 g/mol. The molecule has 0 aromatic heterocycles. The number of anilines is 1. The summed E-state index contributed by atoms with van der Waals surface area (Å²) in [5, 5.41) is 8.93. The average Bonchev–Trinajstić information content (AvgIpc) is 2.27. The second kappa shape index (κ2) is 5.90. The molecule has 0 aliphatic carbocycles. The summed E-state index contributed by atoms with van der Waals surface area (Å²) in [6.45, 7) is 5.34. The van der Waals surface area contributed by atoms with Gasteiger partial charge in [0.25, 0.3) is 0 Å². The lowest BCUT2D eigenvalue weighted by Crippen LogP contribution is -2.43. The zero-order chi connectivity index (χ0) is 14.7. The number of aliphatic hydroxyl groups is 1. The maximum Gasteiger partial charge on any atom is 0.241 e. The molecule has 19 heavy (non-hydrogen) atoms. The van der Waals surface area contributed by atoms with Gasteiger partial charge in [0.2, 0.25) is 10.0 Å². The summed E-state index contributed by atoms with van der Waals surface area (Å²) < 4.78 is 27.0. The second-order valence-corrected chi connectivity index (χ2v) is 6.86. The van der Waals surface area contributed by atoms with E-state index >= 15 is 0 Å². The smallest absolute Gasteiger partial charge is 0.241 e. The predicted molar refractivity (Wildman–Crippen MR) is 76.3 cm³/mol. The van der Waals surface area contributed by atoms with Crippen molar-refractivity contribution in [2.24, 2.45) is 0 Å². The van der Waals surface area contributed by atoms with E-state index in [0.717, 1.165) is 12.0 Å². The maximum absolute atomic E-state index is 12.2. The number of hydrogen-bond donors (Lipinski definition) is 3. The molecule has 1 aromatic carbocycles. The Morgan fingerprint density at radius 2 is 2.00 bits per heavy atom. The highest BCUT2D eigenvalue weighted by atomic mass is 32.2. The monoisotopic (exact) mass is 286 g/mol. The highest BCUT2D eigenvalue weighted by molar-refractivity contribution is 7.89. The van der Waals surface area contributed by atoms with Gasteiger partial charge in [-0.05, 0) is 44.4 Å². The van der Waals surface area contributed by atoms with Crippen LogP contribution in [0.1, 0.15) is 32.8 Å². The van der Waals surface area contributed by atoms with Crippen LogP contribution in [0.2, 0.25) is 0 Å². The van der Waals surface area contributed by atoms with Crippen molar-refractivity contribution in [2.75, 3.05) is 12.3 Å². The molecule has 0 fully saturated rings. The van der Waals surface area contributed by atoms with Gasteiger partial charge in [0.15, 0.2) is 0 Å². The molecule has 0 aliphatic rings. The molecule has 0 radical (unpaired) electrons. The van der Waals surface area contributed by atoms with E-state index in [4.69, 9.17) is 10.8 Å². The molecule has 0 unspecified atom stereocenters. The van der Waals surface area contributed by atoms with E-state index in [1.165, 1.54) is 6.07 Å². The Morgan fingerprint density at radius 3 is 2.47 bits per heavy atom. The van der Waals surface area contributed by atoms with Gasteiger partial charge in [0.05, 0.1) is 4.90 Å². The first-order valence-corrected chi connectivity index (χ1v) is 7.73. The average molecular weight is 286 g/mol. The summed E-state index contributed by atoms with van der Waals surface area (Å²) in [6, 6.07) is 4.74. The van der Waals surface area contributed by atoms with Crippen molar-refractivity contribution in [3.05, 3.63) is 23.8 Å². The number of sulfonamides is 1. The normalized spacial score (nSPS) is 12.6. The summed E-state index contributed by atoms with van der Waals surface area (Å²) >= 11 is 0. The first kappa shape index (κ1) is 15.9. The van der Waals surface area contributed by atoms with Crippen LogP contribution < -0.4 is 10.5 Å². The fourth-order valence-electron chi connectivity index (χ4n) is 1.82. The minimum atomic E-state index is -3.63. The standard InChI is InChI=1S/C13H22N2O3S/c1-4-10-5-6-11(9-12(10)14)19(17,18)15-13(2,3)7-8-16/h5-6,9,15-16H,4,7-8,14H2,1-3H3. The van der Waals surface area contributed by atoms with E-state index in [1.807, 2.05) is 6.92 Å². The van der Waals surface area contributed by atoms with Gasteiger partial charge in [-0.2, -0.15) is 0 Å². The Labute approximate surface area is 114 Å². The Morgan fingerprint density at radius 1 is 1.37 bits per heavy atom. The lowest BCUT2D eigenvalue weighted by atomic mass is 10.0. The van der Waals surface area contributed by atoms with Gasteiger partial charge in [0, 0.05) is 17.8 Å². The molecule has 0 saturated carbocycles. The van der Waals surface area contributed by atoms with Gasteiger partial charge < -0.3 is 10.8 Å². The van der Waals surface area contributed by atoms with Crippen LogP contribution in [0.3, 0.4) is 0 Å². The van der Waals surface area contributed by atoms with Crippen molar-refractivity contribution >= 4 is 15.7 Å². The van der Waals surface area contributed by atoms with Gasteiger partial charge in [-0.25, -0.2) is 13.1 Å². The molecule has 0 amide bonds. The molecule has 5 nitrogen and oxygen atoms in total. The number of aliphatic hydroxyl groups excluding tert-OH is 1. The van der Waals surface area contributed by atoms with E-state index in [0.29, 0.717) is 12.1 Å². The van der Waals surface area contributed by atoms with Crippen molar-refractivity contribution in [1.29, 1.82) is 0 Å². The molecule has 1 aromatic rings. The van der Waals surface area contributed by atoms with E-state index in [9.17, 15) is 8.42 Å². The van der Waals surface area contributed by atoms with Crippen molar-refractivity contribution in [1.82, 2.24) is 4.72 Å². The van der Waals surface area contributed by atoms with Crippen LogP contribution in [0.25, 0.3) is 0 Å². The third kappa shape index (κ3) is 4.19. The SMILES string of the molecule is CCc1ccc(S(=O)(=O)NC(C)(C)CCO)cc1N. The molecular formula is C13H22N2O3S. The Hall–Kier alpha value is -1.11. The highest BCUT2D eigenvalue weighted by Gasteiger charge is 2.26. The van der Waals surface area contributed by atoms with E-state index in [2.05, 4.69) is 4.72 Å². The van der Waals surface area contributed by atoms with Crippen LogP contribution in [0.15, 0.2) is 23.1 Å². The minimum absolute atomic E-state index is 0.0770. The fourth-order valence-corrected chi connectivity index (χ4v) is 3.29. The van der Waals surface area contributed by atoms with Crippen molar-refractivity contribution in [3.8, 4) is 0 Å². The quantitative estimate of drug-likeness (QED) is 0.687. The van der Waals surface area contributed by atoms with Crippen LogP contribution in [-0.2, 0) is 16.4 Å². The van der Waals surface area contributed by atoms with Gasteiger partial charge in [-0.3, -0.25) is 0 Å². The Kier molecular flexibility index (Phi) is 4.95. The fraction of sp³-hybridized carbons (Fsp3) is 0.538. The topological polar surface area (TPSA) is 92.4 Å². The Balaban J connectivity index is 3.04. The lowest BCUT2D eigenvalue weighted by molar-refractivity contribution is 0.246. The van der Waals surface area contributed by atoms with Gasteiger partial charge in [-0.1, -0.05) is 13.0 Å². The van der Waals surface area contributed by atoms with E-state index in [-0.39, 0.29) is 11.5 Å². The predicted octanol–water partition coefficient (Wildman–Crippen LogP) is 1.27. The van der Waals surface area contributed by atoms with E-state index < -0.39 is 15.6 Å². The molecule has 1 rings (SSSR count). The van der Waals surface area contributed by atoms with Gasteiger partial charge in [0.1, 0.15) is 0 Å². The molecule has 4 N–H and O–H groups in total. The van der Waals surface area contributed by atoms with Crippen LogP contribution >= 0.6 is 0 Å². The van der Waals surface area contributed by atoms with Crippen LogP contribution in [0, 0.1) is 0 Å². The molecule has 0 bridgehead atoms. The summed E-state index contributed by atoms with van der Waals surface area (Å²) in [4.78, 5) is 0.146. The number of nitrogens with two attached hydrogens (primary N) is 1. The minimum Gasteiger partial charge on any atom is -0.398 e. The zero-order valence-electron chi connectivity index (χ0n) is 11.6. The number of aryl methyl sites for hydroxylation is 1. The van der Waals surface area contributed by atoms with Crippen LogP contribution in [0.5, 0.6) is 0 Å². The number of benzene rings is 1. The van der Waals surface area contributed by atoms with Gasteiger partial charge in [-0.15, -0.1) is 0 Å². The first-order valence-electron chi connectivity index (χ1n) is 6.25. The third-order valence-electron chi connectivity index (χ3n) is 2.96. The number of hydrogen-bond acceptors (Lipinski definition) is 4. The number of rotatable bonds is 6. The molecule has 108 valence electrons. The molecule has 0 spiro atoms. The first-order chi connectivity index (χ1) is 8.72. The summed E-state index contributed by atoms with van der Waals surface area (Å²) in [6.07, 6.45) is 1.10. The molecule has 0 heterocycles. The lowest BCUT2D eigenvalue weighted by Gasteiger charge is -2.25. The number of nitrogens with one attached hydrogen (secondary N) is 1. The zero-order valence-corrected chi connectivity index (χ0v) is 12.4. The van der Waals surface area contributed by atoms with Crippen molar-refractivity contribution in [3.63, 3.8) is 0 Å². The summed E-state index contributed by atoms with van der Waals surface area (Å²) in [7, 11) is -3.63. The molecule has 0 saturated heterocycles. The maximum atomic E-state index is 12.2. The second-order valence-electron chi connectivity index (χ2n) is 5.18. The Bertz CT molecular complexity index is 539. The van der Waals surface area contributed by atoms with E-state index in [1.54, 1.807) is 26.0 Å². The summed E-state index contributed by atoms with van der Waals surface area (Å²) in [5.41, 5.74) is 6.52. The van der Waals surface area contributed by atoms with Crippen molar-refractivity contribution < 1.29 is 13.5 Å². The largest absolute Gasteiger partial charge is 0.398 e. The van der Waals surface area contributed by atoms with Crippen LogP contribution in [-0.4, -0.2) is 25.7 Å². The number of nitrogen functional groups attached to an aromatic ring is 1. The molecule has 0 atom stereocenters. The molecule has 0 aliphatic heterocycles.